The smallest absolute Gasteiger partial charge is 0.246 e. The summed E-state index contributed by atoms with van der Waals surface area (Å²) in [7, 11) is 1.70. The van der Waals surface area contributed by atoms with Crippen molar-refractivity contribution in [3.05, 3.63) is 107 Å². The third-order valence-electron chi connectivity index (χ3n) is 9.21. The molecule has 2 aliphatic rings. The lowest BCUT2D eigenvalue weighted by atomic mass is 9.87. The van der Waals surface area contributed by atoms with Crippen molar-refractivity contribution in [2.24, 2.45) is 0 Å². The standard InChI is InChI=1S/C39H48N4O5/c1-27-15-19-31(20-16-27)47-24-6-7-25-48-32-21-17-29(18-22-32)26-35(42-37(44)28(2)40-3)39(46)43-23-9-14-36(43)38(45)41-34-13-8-11-30-10-4-5-12-33(30)34/h4-7,10,12,15-22,28,34-36,40H,8-9,11,13-14,23-26H2,1-3H3,(H,41,45)(H,42,44)/b7-6-/t28-,34+,35-,36?/m0/s1. The molecule has 254 valence electrons. The van der Waals surface area contributed by atoms with Crippen LogP contribution in [0.25, 0.3) is 0 Å². The van der Waals surface area contributed by atoms with Gasteiger partial charge < -0.3 is 30.3 Å². The molecule has 0 spiro atoms. The summed E-state index contributed by atoms with van der Waals surface area (Å²) < 4.78 is 11.6. The first kappa shape index (κ1) is 34.7. The molecule has 1 heterocycles. The Labute approximate surface area is 284 Å². The maximum Gasteiger partial charge on any atom is 0.246 e. The largest absolute Gasteiger partial charge is 0.490 e. The Morgan fingerprint density at radius 3 is 2.25 bits per heavy atom. The lowest BCUT2D eigenvalue weighted by Gasteiger charge is -2.32. The van der Waals surface area contributed by atoms with Gasteiger partial charge in [-0.2, -0.15) is 0 Å². The van der Waals surface area contributed by atoms with Crippen LogP contribution in [0.4, 0.5) is 0 Å². The van der Waals surface area contributed by atoms with E-state index in [0.717, 1.165) is 42.6 Å². The van der Waals surface area contributed by atoms with Crippen LogP contribution in [-0.4, -0.2) is 67.6 Å². The normalized spacial score (nSPS) is 18.5. The van der Waals surface area contributed by atoms with Crippen molar-refractivity contribution >= 4 is 17.7 Å². The van der Waals surface area contributed by atoms with Crippen LogP contribution in [0.15, 0.2) is 84.9 Å². The predicted octanol–water partition coefficient (Wildman–Crippen LogP) is 4.83. The van der Waals surface area contributed by atoms with Gasteiger partial charge in [0, 0.05) is 13.0 Å². The Morgan fingerprint density at radius 1 is 0.896 bits per heavy atom. The molecular weight excluding hydrogens is 604 g/mol. The molecule has 0 radical (unpaired) electrons. The fourth-order valence-corrected chi connectivity index (χ4v) is 6.32. The summed E-state index contributed by atoms with van der Waals surface area (Å²) in [4.78, 5) is 42.3. The number of nitrogens with zero attached hydrogens (tertiary/aromatic N) is 1. The van der Waals surface area contributed by atoms with E-state index in [-0.39, 0.29) is 23.8 Å². The fourth-order valence-electron chi connectivity index (χ4n) is 6.32. The molecule has 3 N–H and O–H groups in total. The van der Waals surface area contributed by atoms with Crippen LogP contribution in [0.2, 0.25) is 0 Å². The van der Waals surface area contributed by atoms with Gasteiger partial charge in [-0.3, -0.25) is 14.4 Å². The van der Waals surface area contributed by atoms with Gasteiger partial charge in [-0.05, 0) is 106 Å². The summed E-state index contributed by atoms with van der Waals surface area (Å²) in [5.74, 6) is 0.872. The summed E-state index contributed by atoms with van der Waals surface area (Å²) in [6.07, 6.45) is 8.34. The van der Waals surface area contributed by atoms with E-state index < -0.39 is 18.1 Å². The van der Waals surface area contributed by atoms with E-state index in [1.165, 1.54) is 11.1 Å². The molecule has 9 nitrogen and oxygen atoms in total. The Bertz CT molecular complexity index is 1560. The summed E-state index contributed by atoms with van der Waals surface area (Å²) >= 11 is 0. The van der Waals surface area contributed by atoms with Crippen LogP contribution < -0.4 is 25.4 Å². The van der Waals surface area contributed by atoms with Crippen LogP contribution in [0.3, 0.4) is 0 Å². The molecule has 0 saturated carbocycles. The van der Waals surface area contributed by atoms with Crippen molar-refractivity contribution in [1.29, 1.82) is 0 Å². The average molecular weight is 653 g/mol. The highest BCUT2D eigenvalue weighted by atomic mass is 16.5. The van der Waals surface area contributed by atoms with Crippen LogP contribution in [0, 0.1) is 6.92 Å². The van der Waals surface area contributed by atoms with Crippen molar-refractivity contribution in [3.8, 4) is 11.5 Å². The predicted molar refractivity (Wildman–Crippen MR) is 187 cm³/mol. The van der Waals surface area contributed by atoms with Crippen LogP contribution >= 0.6 is 0 Å². The minimum Gasteiger partial charge on any atom is -0.490 e. The maximum absolute atomic E-state index is 14.1. The van der Waals surface area contributed by atoms with Crippen LogP contribution in [-0.2, 0) is 27.2 Å². The quantitative estimate of drug-likeness (QED) is 0.216. The van der Waals surface area contributed by atoms with E-state index in [0.29, 0.717) is 38.3 Å². The number of likely N-dealkylation sites (tertiary alicyclic amines) is 1. The van der Waals surface area contributed by atoms with E-state index >= 15 is 0 Å². The molecule has 1 aliphatic heterocycles. The zero-order chi connectivity index (χ0) is 33.9. The number of carbonyl (C=O) groups excluding carboxylic acids is 3. The van der Waals surface area contributed by atoms with Gasteiger partial charge in [-0.25, -0.2) is 0 Å². The van der Waals surface area contributed by atoms with Gasteiger partial charge in [0.25, 0.3) is 0 Å². The number of aryl methyl sites for hydroxylation is 2. The Kier molecular flexibility index (Phi) is 12.3. The van der Waals surface area contributed by atoms with Crippen molar-refractivity contribution in [1.82, 2.24) is 20.9 Å². The van der Waals surface area contributed by atoms with E-state index in [1.54, 1.807) is 18.9 Å². The minimum atomic E-state index is -0.819. The highest BCUT2D eigenvalue weighted by Crippen LogP contribution is 2.30. The van der Waals surface area contributed by atoms with E-state index in [2.05, 4.69) is 28.1 Å². The molecule has 3 amide bonds. The lowest BCUT2D eigenvalue weighted by molar-refractivity contribution is -0.141. The van der Waals surface area contributed by atoms with Crippen molar-refractivity contribution in [2.45, 2.75) is 76.5 Å². The minimum absolute atomic E-state index is 0.0600. The Morgan fingerprint density at radius 2 is 1.56 bits per heavy atom. The number of rotatable bonds is 14. The molecule has 1 saturated heterocycles. The third kappa shape index (κ3) is 9.25. The molecule has 0 aromatic heterocycles. The second-order valence-electron chi connectivity index (χ2n) is 12.7. The van der Waals surface area contributed by atoms with Crippen molar-refractivity contribution in [3.63, 3.8) is 0 Å². The number of fused-ring (bicyclic) bond motifs is 1. The van der Waals surface area contributed by atoms with Crippen molar-refractivity contribution < 1.29 is 23.9 Å². The van der Waals surface area contributed by atoms with E-state index in [1.807, 2.05) is 79.7 Å². The Hall–Kier alpha value is -4.63. The van der Waals surface area contributed by atoms with Gasteiger partial charge >= 0.3 is 0 Å². The zero-order valence-electron chi connectivity index (χ0n) is 28.2. The molecule has 3 aromatic carbocycles. The van der Waals surface area contributed by atoms with Gasteiger partial charge in [0.15, 0.2) is 0 Å². The number of benzene rings is 3. The number of carbonyl (C=O) groups is 3. The first-order valence-electron chi connectivity index (χ1n) is 17.0. The summed E-state index contributed by atoms with van der Waals surface area (Å²) in [6, 6.07) is 21.8. The monoisotopic (exact) mass is 652 g/mol. The molecule has 5 rings (SSSR count). The number of ether oxygens (including phenoxy) is 2. The number of nitrogens with one attached hydrogen (secondary N) is 3. The van der Waals surface area contributed by atoms with Crippen LogP contribution in [0.5, 0.6) is 11.5 Å². The summed E-state index contributed by atoms with van der Waals surface area (Å²) in [6.45, 7) is 5.11. The molecule has 9 heteroatoms. The second-order valence-corrected chi connectivity index (χ2v) is 12.7. The van der Waals surface area contributed by atoms with Gasteiger partial charge in [-0.15, -0.1) is 0 Å². The van der Waals surface area contributed by atoms with Gasteiger partial charge in [0.1, 0.15) is 36.8 Å². The molecule has 1 unspecified atom stereocenters. The summed E-state index contributed by atoms with van der Waals surface area (Å²) in [5, 5.41) is 9.14. The average Bonchev–Trinajstić information content (AvgIpc) is 3.61. The first-order valence-corrected chi connectivity index (χ1v) is 17.0. The number of likely N-dealkylation sites (N-methyl/N-ethyl adjacent to an activating group) is 1. The Balaban J connectivity index is 1.19. The third-order valence-corrected chi connectivity index (χ3v) is 9.21. The molecule has 3 aromatic rings. The fraction of sp³-hybridized carbons (Fsp3) is 0.410. The number of hydrogen-bond donors (Lipinski definition) is 3. The molecule has 1 aliphatic carbocycles. The number of amides is 3. The lowest BCUT2D eigenvalue weighted by Crippen LogP contribution is -2.56. The number of hydrogen-bond acceptors (Lipinski definition) is 6. The molecule has 4 atom stereocenters. The van der Waals surface area contributed by atoms with Crippen LogP contribution in [0.1, 0.15) is 60.9 Å². The highest BCUT2D eigenvalue weighted by molar-refractivity contribution is 5.93. The SMILES string of the molecule is CN[C@@H](C)C(=O)N[C@@H](Cc1ccc(OC/C=C\COc2ccc(C)cc2)cc1)C(=O)N1CCCC1C(=O)N[C@@H]1CCCc2ccccc21. The first-order chi connectivity index (χ1) is 23.3. The molecule has 48 heavy (non-hydrogen) atoms. The topological polar surface area (TPSA) is 109 Å². The molecular formula is C39H48N4O5. The van der Waals surface area contributed by atoms with Gasteiger partial charge in [0.2, 0.25) is 17.7 Å². The second kappa shape index (κ2) is 17.0. The van der Waals surface area contributed by atoms with Gasteiger partial charge in [-0.1, -0.05) is 54.1 Å². The maximum atomic E-state index is 14.1. The van der Waals surface area contributed by atoms with E-state index in [4.69, 9.17) is 9.47 Å². The van der Waals surface area contributed by atoms with E-state index in [9.17, 15) is 14.4 Å². The van der Waals surface area contributed by atoms with Crippen molar-refractivity contribution in [2.75, 3.05) is 26.8 Å². The molecule has 0 bridgehead atoms. The molecule has 1 fully saturated rings. The summed E-state index contributed by atoms with van der Waals surface area (Å²) in [5.41, 5.74) is 4.49. The highest BCUT2D eigenvalue weighted by Gasteiger charge is 2.39. The zero-order valence-corrected chi connectivity index (χ0v) is 28.2. The van der Waals surface area contributed by atoms with Gasteiger partial charge in [0.05, 0.1) is 12.1 Å².